The summed E-state index contributed by atoms with van der Waals surface area (Å²) in [6.45, 7) is 4.02. The predicted molar refractivity (Wildman–Crippen MR) is 95.2 cm³/mol. The fourth-order valence-electron chi connectivity index (χ4n) is 3.30. The summed E-state index contributed by atoms with van der Waals surface area (Å²) in [5.41, 5.74) is 6.44. The number of nitrogens with two attached hydrogens (primary N) is 1. The third-order valence-electron chi connectivity index (χ3n) is 4.62. The molecule has 0 bridgehead atoms. The highest BCUT2D eigenvalue weighted by molar-refractivity contribution is 7.13. The van der Waals surface area contributed by atoms with E-state index in [4.69, 9.17) is 20.4 Å². The van der Waals surface area contributed by atoms with Crippen molar-refractivity contribution >= 4 is 28.8 Å². The van der Waals surface area contributed by atoms with Gasteiger partial charge >= 0.3 is 0 Å². The highest BCUT2D eigenvalue weighted by atomic mass is 32.1. The van der Waals surface area contributed by atoms with Gasteiger partial charge in [0, 0.05) is 30.6 Å². The van der Waals surface area contributed by atoms with Crippen molar-refractivity contribution in [3.05, 3.63) is 11.1 Å². The maximum atomic E-state index is 12.3. The van der Waals surface area contributed by atoms with Gasteiger partial charge in [-0.05, 0) is 38.8 Å². The lowest BCUT2D eigenvalue weighted by atomic mass is 9.93. The molecule has 3 rings (SSSR count). The number of rotatable bonds is 4. The molecule has 25 heavy (non-hydrogen) atoms. The van der Waals surface area contributed by atoms with Gasteiger partial charge in [-0.15, -0.1) is 11.3 Å². The van der Waals surface area contributed by atoms with Crippen LogP contribution < -0.4 is 11.1 Å². The Balaban J connectivity index is 0.000000701. The number of hydrogen-bond donors (Lipinski definition) is 3. The van der Waals surface area contributed by atoms with E-state index in [0.717, 1.165) is 57.7 Å². The van der Waals surface area contributed by atoms with Crippen molar-refractivity contribution in [2.75, 3.05) is 32.0 Å². The summed E-state index contributed by atoms with van der Waals surface area (Å²) in [6.07, 6.45) is 4.15. The Labute approximate surface area is 151 Å². The van der Waals surface area contributed by atoms with Crippen molar-refractivity contribution in [1.29, 1.82) is 0 Å². The van der Waals surface area contributed by atoms with Crippen LogP contribution in [0.15, 0.2) is 5.38 Å². The van der Waals surface area contributed by atoms with E-state index in [1.807, 2.05) is 5.38 Å². The second kappa shape index (κ2) is 10.3. The molecule has 0 aliphatic carbocycles. The van der Waals surface area contributed by atoms with Crippen molar-refractivity contribution in [2.45, 2.75) is 38.3 Å². The standard InChI is InChI=1S/C15H24N4O2S.CH2O2/c16-15-18-12(10-22-15)9-17-14(20)11-1-5-19(6-2-11)13-3-7-21-8-4-13;2-1-3/h10-11,13H,1-9H2,(H2,16,18)(H,17,20);1H,(H,2,3). The monoisotopic (exact) mass is 370 g/mol. The Morgan fingerprint density at radius 2 is 2.04 bits per heavy atom. The van der Waals surface area contributed by atoms with Crippen LogP contribution in [0.4, 0.5) is 5.13 Å². The van der Waals surface area contributed by atoms with E-state index in [-0.39, 0.29) is 18.3 Å². The molecule has 1 amide bonds. The van der Waals surface area contributed by atoms with Gasteiger partial charge in [0.05, 0.1) is 12.2 Å². The number of amides is 1. The maximum Gasteiger partial charge on any atom is 0.290 e. The lowest BCUT2D eigenvalue weighted by Gasteiger charge is -2.38. The van der Waals surface area contributed by atoms with Gasteiger partial charge in [-0.1, -0.05) is 0 Å². The average molecular weight is 370 g/mol. The SMILES string of the molecule is Nc1nc(CNC(=O)C2CCN(C3CCOCC3)CC2)cs1.O=CO. The highest BCUT2D eigenvalue weighted by Crippen LogP contribution is 2.23. The van der Waals surface area contributed by atoms with Crippen molar-refractivity contribution in [1.82, 2.24) is 15.2 Å². The topological polar surface area (TPSA) is 118 Å². The first-order chi connectivity index (χ1) is 12.1. The number of piperidine rings is 1. The molecule has 0 spiro atoms. The predicted octanol–water partition coefficient (Wildman–Crippen LogP) is 0.933. The van der Waals surface area contributed by atoms with Crippen LogP contribution in [0.3, 0.4) is 0 Å². The summed E-state index contributed by atoms with van der Waals surface area (Å²) < 4.78 is 5.42. The van der Waals surface area contributed by atoms with E-state index in [1.165, 1.54) is 11.3 Å². The van der Waals surface area contributed by atoms with Crippen LogP contribution in [-0.2, 0) is 20.9 Å². The Morgan fingerprint density at radius 3 is 2.60 bits per heavy atom. The number of aromatic nitrogens is 1. The van der Waals surface area contributed by atoms with Crippen LogP contribution in [0, 0.1) is 5.92 Å². The van der Waals surface area contributed by atoms with E-state index < -0.39 is 0 Å². The zero-order valence-corrected chi connectivity index (χ0v) is 15.0. The Bertz CT molecular complexity index is 540. The molecule has 0 atom stereocenters. The number of ether oxygens (including phenoxy) is 1. The number of nitrogens with one attached hydrogen (secondary N) is 1. The van der Waals surface area contributed by atoms with Gasteiger partial charge in [-0.3, -0.25) is 9.59 Å². The van der Waals surface area contributed by atoms with Gasteiger partial charge < -0.3 is 25.8 Å². The first-order valence-corrected chi connectivity index (χ1v) is 9.39. The lowest BCUT2D eigenvalue weighted by Crippen LogP contribution is -2.46. The van der Waals surface area contributed by atoms with Crippen molar-refractivity contribution in [3.8, 4) is 0 Å². The average Bonchev–Trinajstić information content (AvgIpc) is 3.07. The van der Waals surface area contributed by atoms with E-state index in [1.54, 1.807) is 0 Å². The number of anilines is 1. The number of carbonyl (C=O) groups is 2. The molecule has 4 N–H and O–H groups in total. The van der Waals surface area contributed by atoms with Crippen LogP contribution in [0.1, 0.15) is 31.4 Å². The Morgan fingerprint density at radius 1 is 1.40 bits per heavy atom. The first-order valence-electron chi connectivity index (χ1n) is 8.51. The molecule has 3 heterocycles. The number of thiazole rings is 1. The minimum absolute atomic E-state index is 0.132. The quantitative estimate of drug-likeness (QED) is 0.675. The zero-order valence-electron chi connectivity index (χ0n) is 14.2. The molecule has 1 aromatic heterocycles. The molecule has 0 unspecified atom stereocenters. The number of likely N-dealkylation sites (tertiary alicyclic amines) is 1. The summed E-state index contributed by atoms with van der Waals surface area (Å²) in [5, 5.41) is 12.3. The third kappa shape index (κ3) is 6.26. The van der Waals surface area contributed by atoms with E-state index >= 15 is 0 Å². The fraction of sp³-hybridized carbons (Fsp3) is 0.688. The summed E-state index contributed by atoms with van der Waals surface area (Å²) in [6, 6.07) is 0.649. The zero-order chi connectivity index (χ0) is 18.1. The van der Waals surface area contributed by atoms with Gasteiger partial charge in [-0.25, -0.2) is 4.98 Å². The van der Waals surface area contributed by atoms with Gasteiger partial charge in [-0.2, -0.15) is 0 Å². The molecule has 9 heteroatoms. The fourth-order valence-corrected chi connectivity index (χ4v) is 3.87. The number of hydrogen-bond acceptors (Lipinski definition) is 7. The molecule has 0 aromatic carbocycles. The largest absolute Gasteiger partial charge is 0.483 e. The number of nitrogens with zero attached hydrogens (tertiary/aromatic N) is 2. The molecular weight excluding hydrogens is 344 g/mol. The molecule has 1 aromatic rings. The van der Waals surface area contributed by atoms with Gasteiger partial charge in [0.1, 0.15) is 0 Å². The van der Waals surface area contributed by atoms with Crippen molar-refractivity contribution in [2.24, 2.45) is 5.92 Å². The summed E-state index contributed by atoms with van der Waals surface area (Å²) in [5.74, 6) is 0.283. The van der Waals surface area contributed by atoms with Crippen LogP contribution in [0.5, 0.6) is 0 Å². The summed E-state index contributed by atoms with van der Waals surface area (Å²) in [7, 11) is 0. The van der Waals surface area contributed by atoms with E-state index in [0.29, 0.717) is 17.7 Å². The molecule has 2 aliphatic rings. The highest BCUT2D eigenvalue weighted by Gasteiger charge is 2.29. The summed E-state index contributed by atoms with van der Waals surface area (Å²) in [4.78, 5) is 27.3. The van der Waals surface area contributed by atoms with Crippen molar-refractivity contribution < 1.29 is 19.4 Å². The number of nitrogen functional groups attached to an aromatic ring is 1. The molecule has 8 nitrogen and oxygen atoms in total. The molecule has 0 radical (unpaired) electrons. The molecule has 140 valence electrons. The first kappa shape index (κ1) is 19.6. The van der Waals surface area contributed by atoms with Crippen molar-refractivity contribution in [3.63, 3.8) is 0 Å². The van der Waals surface area contributed by atoms with Crippen LogP contribution in [-0.4, -0.2) is 59.7 Å². The summed E-state index contributed by atoms with van der Waals surface area (Å²) >= 11 is 1.41. The normalized spacial score (nSPS) is 19.7. The van der Waals surface area contributed by atoms with Gasteiger partial charge in [0.2, 0.25) is 5.91 Å². The number of carboxylic acid groups (broad SMARTS) is 1. The second-order valence-corrected chi connectivity index (χ2v) is 7.04. The van der Waals surface area contributed by atoms with Crippen LogP contribution in [0.25, 0.3) is 0 Å². The second-order valence-electron chi connectivity index (χ2n) is 6.15. The molecule has 2 aliphatic heterocycles. The minimum atomic E-state index is -0.250. The minimum Gasteiger partial charge on any atom is -0.483 e. The third-order valence-corrected chi connectivity index (χ3v) is 5.34. The van der Waals surface area contributed by atoms with Crippen LogP contribution in [0.2, 0.25) is 0 Å². The smallest absolute Gasteiger partial charge is 0.290 e. The Kier molecular flexibility index (Phi) is 8.10. The molecule has 2 fully saturated rings. The number of carbonyl (C=O) groups excluding carboxylic acids is 1. The molecule has 2 saturated heterocycles. The maximum absolute atomic E-state index is 12.3. The van der Waals surface area contributed by atoms with Gasteiger partial charge in [0.25, 0.3) is 6.47 Å². The van der Waals surface area contributed by atoms with E-state index in [9.17, 15) is 4.79 Å². The molecular formula is C16H26N4O4S. The van der Waals surface area contributed by atoms with Gasteiger partial charge in [0.15, 0.2) is 5.13 Å². The Hall–Kier alpha value is -1.71. The van der Waals surface area contributed by atoms with E-state index in [2.05, 4.69) is 15.2 Å². The van der Waals surface area contributed by atoms with Crippen LogP contribution >= 0.6 is 11.3 Å². The lowest BCUT2D eigenvalue weighted by molar-refractivity contribution is -0.127. The molecule has 0 saturated carbocycles.